The van der Waals surface area contributed by atoms with E-state index in [4.69, 9.17) is 5.73 Å². The summed E-state index contributed by atoms with van der Waals surface area (Å²) in [6.07, 6.45) is 4.46. The molecule has 0 bridgehead atoms. The number of benzene rings is 1. The van der Waals surface area contributed by atoms with Crippen LogP contribution in [0, 0.1) is 0 Å². The summed E-state index contributed by atoms with van der Waals surface area (Å²) in [7, 11) is 0. The molecule has 0 saturated heterocycles. The van der Waals surface area contributed by atoms with E-state index in [1.807, 2.05) is 0 Å². The van der Waals surface area contributed by atoms with Gasteiger partial charge in [-0.3, -0.25) is 0 Å². The summed E-state index contributed by atoms with van der Waals surface area (Å²) < 4.78 is 0. The Morgan fingerprint density at radius 1 is 1.23 bits per heavy atom. The van der Waals surface area contributed by atoms with Gasteiger partial charge in [0.2, 0.25) is 0 Å². The van der Waals surface area contributed by atoms with Crippen molar-refractivity contribution in [2.45, 2.75) is 38.1 Å². The molecular weight excluding hydrogens is 158 g/mol. The van der Waals surface area contributed by atoms with Crippen molar-refractivity contribution in [1.82, 2.24) is 0 Å². The molecule has 0 heterocycles. The van der Waals surface area contributed by atoms with Crippen LogP contribution in [0.25, 0.3) is 0 Å². The summed E-state index contributed by atoms with van der Waals surface area (Å²) in [6, 6.07) is 8.63. The lowest BCUT2D eigenvalue weighted by Gasteiger charge is -2.22. The fourth-order valence-electron chi connectivity index (χ4n) is 2.40. The molecule has 13 heavy (non-hydrogen) atoms. The van der Waals surface area contributed by atoms with Gasteiger partial charge < -0.3 is 5.73 Å². The van der Waals surface area contributed by atoms with Crippen molar-refractivity contribution < 1.29 is 0 Å². The minimum atomic E-state index is 0.0540. The van der Waals surface area contributed by atoms with E-state index in [1.165, 1.54) is 17.5 Å². The van der Waals surface area contributed by atoms with Crippen molar-refractivity contribution in [2.24, 2.45) is 5.73 Å². The van der Waals surface area contributed by atoms with Crippen LogP contribution in [0.4, 0.5) is 0 Å². The Kier molecular flexibility index (Phi) is 2.12. The first kappa shape index (κ1) is 8.76. The monoisotopic (exact) mass is 175 g/mol. The molecule has 0 unspecified atom stereocenters. The summed E-state index contributed by atoms with van der Waals surface area (Å²) in [5.41, 5.74) is 9.29. The molecule has 0 radical (unpaired) electrons. The van der Waals surface area contributed by atoms with Gasteiger partial charge in [0.1, 0.15) is 0 Å². The molecule has 0 aromatic heterocycles. The second-order valence-corrected chi connectivity index (χ2v) is 4.23. The van der Waals surface area contributed by atoms with Gasteiger partial charge in [-0.2, -0.15) is 0 Å². The zero-order chi connectivity index (χ0) is 9.31. The first-order valence-corrected chi connectivity index (χ1v) is 5.09. The van der Waals surface area contributed by atoms with Crippen LogP contribution >= 0.6 is 0 Å². The van der Waals surface area contributed by atoms with Gasteiger partial charge in [0, 0.05) is 5.54 Å². The maximum Gasteiger partial charge on any atom is 0.0236 e. The molecule has 1 aliphatic carbocycles. The van der Waals surface area contributed by atoms with E-state index in [-0.39, 0.29) is 5.54 Å². The summed E-state index contributed by atoms with van der Waals surface area (Å²) in [6.45, 7) is 2.21. The predicted molar refractivity (Wildman–Crippen MR) is 55.7 cm³/mol. The van der Waals surface area contributed by atoms with Crippen LogP contribution in [0.3, 0.4) is 0 Å². The molecule has 1 aromatic rings. The van der Waals surface area contributed by atoms with Gasteiger partial charge in [0.05, 0.1) is 0 Å². The van der Waals surface area contributed by atoms with Gasteiger partial charge in [-0.1, -0.05) is 37.6 Å². The van der Waals surface area contributed by atoms with Crippen molar-refractivity contribution in [1.29, 1.82) is 0 Å². The Morgan fingerprint density at radius 3 is 2.23 bits per heavy atom. The third-order valence-corrected chi connectivity index (χ3v) is 2.95. The molecule has 1 nitrogen and oxygen atoms in total. The van der Waals surface area contributed by atoms with E-state index in [0.717, 1.165) is 19.3 Å². The maximum absolute atomic E-state index is 6.32. The Hall–Kier alpha value is -0.820. The van der Waals surface area contributed by atoms with Crippen LogP contribution in [0.15, 0.2) is 24.3 Å². The quantitative estimate of drug-likeness (QED) is 0.733. The highest BCUT2D eigenvalue weighted by atomic mass is 14.7. The maximum atomic E-state index is 6.32. The second-order valence-electron chi connectivity index (χ2n) is 4.23. The highest BCUT2D eigenvalue weighted by molar-refractivity contribution is 5.35. The highest BCUT2D eigenvalue weighted by Crippen LogP contribution is 2.30. The number of hydrogen-bond acceptors (Lipinski definition) is 1. The number of rotatable bonds is 2. The average molecular weight is 175 g/mol. The van der Waals surface area contributed by atoms with Gasteiger partial charge in [-0.25, -0.2) is 0 Å². The van der Waals surface area contributed by atoms with Crippen LogP contribution in [-0.2, 0) is 12.8 Å². The molecule has 2 N–H and O–H groups in total. The van der Waals surface area contributed by atoms with Crippen LogP contribution in [-0.4, -0.2) is 5.54 Å². The summed E-state index contributed by atoms with van der Waals surface area (Å²) in [4.78, 5) is 0. The molecule has 2 rings (SSSR count). The zero-order valence-corrected chi connectivity index (χ0v) is 8.22. The lowest BCUT2D eigenvalue weighted by molar-refractivity contribution is 0.410. The molecule has 0 atom stereocenters. The first-order valence-electron chi connectivity index (χ1n) is 5.09. The Bertz CT molecular complexity index is 279. The smallest absolute Gasteiger partial charge is 0.0236 e. The van der Waals surface area contributed by atoms with Crippen LogP contribution in [0.2, 0.25) is 0 Å². The number of fused-ring (bicyclic) bond motifs is 1. The minimum absolute atomic E-state index is 0.0540. The average Bonchev–Trinajstić information content (AvgIpc) is 2.40. The van der Waals surface area contributed by atoms with E-state index in [0.29, 0.717) is 0 Å². The molecule has 0 aliphatic heterocycles. The third kappa shape index (κ3) is 1.61. The summed E-state index contributed by atoms with van der Waals surface area (Å²) in [5, 5.41) is 0. The number of hydrogen-bond donors (Lipinski definition) is 1. The standard InChI is InChI=1S/C12H17N/c1-2-7-12(13)8-10-5-3-4-6-11(10)9-12/h3-6H,2,7-9,13H2,1H3. The molecule has 0 saturated carbocycles. The van der Waals surface area contributed by atoms with Gasteiger partial charge in [-0.15, -0.1) is 0 Å². The molecule has 1 heteroatoms. The zero-order valence-electron chi connectivity index (χ0n) is 8.22. The van der Waals surface area contributed by atoms with E-state index in [2.05, 4.69) is 31.2 Å². The van der Waals surface area contributed by atoms with Crippen LogP contribution < -0.4 is 5.73 Å². The van der Waals surface area contributed by atoms with E-state index >= 15 is 0 Å². The first-order chi connectivity index (χ1) is 6.23. The Labute approximate surface area is 80.0 Å². The Morgan fingerprint density at radius 2 is 1.77 bits per heavy atom. The van der Waals surface area contributed by atoms with Gasteiger partial charge in [-0.05, 0) is 30.4 Å². The molecule has 0 fully saturated rings. The van der Waals surface area contributed by atoms with E-state index in [9.17, 15) is 0 Å². The molecular formula is C12H17N. The van der Waals surface area contributed by atoms with Crippen molar-refractivity contribution in [3.63, 3.8) is 0 Å². The minimum Gasteiger partial charge on any atom is -0.324 e. The SMILES string of the molecule is CCCC1(N)Cc2ccccc2C1. The topological polar surface area (TPSA) is 26.0 Å². The van der Waals surface area contributed by atoms with Crippen LogP contribution in [0.1, 0.15) is 30.9 Å². The van der Waals surface area contributed by atoms with Crippen molar-refractivity contribution >= 4 is 0 Å². The van der Waals surface area contributed by atoms with Gasteiger partial charge in [0.25, 0.3) is 0 Å². The fraction of sp³-hybridized carbons (Fsp3) is 0.500. The molecule has 0 spiro atoms. The highest BCUT2D eigenvalue weighted by Gasteiger charge is 2.31. The van der Waals surface area contributed by atoms with Crippen molar-refractivity contribution in [3.8, 4) is 0 Å². The third-order valence-electron chi connectivity index (χ3n) is 2.95. The predicted octanol–water partition coefficient (Wildman–Crippen LogP) is 2.28. The van der Waals surface area contributed by atoms with Crippen LogP contribution in [0.5, 0.6) is 0 Å². The Balaban J connectivity index is 2.21. The number of nitrogens with two attached hydrogens (primary N) is 1. The lowest BCUT2D eigenvalue weighted by atomic mass is 9.92. The van der Waals surface area contributed by atoms with Crippen molar-refractivity contribution in [3.05, 3.63) is 35.4 Å². The van der Waals surface area contributed by atoms with Gasteiger partial charge >= 0.3 is 0 Å². The fourth-order valence-corrected chi connectivity index (χ4v) is 2.40. The summed E-state index contributed by atoms with van der Waals surface area (Å²) in [5.74, 6) is 0. The van der Waals surface area contributed by atoms with E-state index in [1.54, 1.807) is 0 Å². The van der Waals surface area contributed by atoms with Gasteiger partial charge in [0.15, 0.2) is 0 Å². The molecule has 70 valence electrons. The molecule has 1 aliphatic rings. The van der Waals surface area contributed by atoms with Crippen molar-refractivity contribution in [2.75, 3.05) is 0 Å². The second kappa shape index (κ2) is 3.15. The summed E-state index contributed by atoms with van der Waals surface area (Å²) >= 11 is 0. The lowest BCUT2D eigenvalue weighted by Crippen LogP contribution is -2.40. The molecule has 1 aromatic carbocycles. The molecule has 0 amide bonds. The van der Waals surface area contributed by atoms with E-state index < -0.39 is 0 Å². The normalized spacial score (nSPS) is 18.6. The largest absolute Gasteiger partial charge is 0.324 e.